The van der Waals surface area contributed by atoms with E-state index < -0.39 is 0 Å². The maximum absolute atomic E-state index is 12.0. The number of aromatic nitrogens is 2. The fourth-order valence-corrected chi connectivity index (χ4v) is 2.54. The van der Waals surface area contributed by atoms with E-state index in [1.54, 1.807) is 6.20 Å². The number of hydrogen-bond acceptors (Lipinski definition) is 4. The average Bonchev–Trinajstić information content (AvgIpc) is 3.11. The van der Waals surface area contributed by atoms with Crippen molar-refractivity contribution in [3.63, 3.8) is 0 Å². The number of ether oxygens (including phenoxy) is 2. The van der Waals surface area contributed by atoms with E-state index in [-0.39, 0.29) is 11.8 Å². The summed E-state index contributed by atoms with van der Waals surface area (Å²) in [5, 5.41) is 7.24. The van der Waals surface area contributed by atoms with Gasteiger partial charge in [0.1, 0.15) is 0 Å². The van der Waals surface area contributed by atoms with E-state index in [1.165, 1.54) is 0 Å². The zero-order chi connectivity index (χ0) is 13.1. The summed E-state index contributed by atoms with van der Waals surface area (Å²) in [6.45, 7) is 2.77. The van der Waals surface area contributed by atoms with E-state index >= 15 is 0 Å². The third-order valence-electron chi connectivity index (χ3n) is 3.73. The van der Waals surface area contributed by atoms with Gasteiger partial charge in [-0.2, -0.15) is 5.10 Å². The molecular weight excluding hydrogens is 246 g/mol. The number of amides is 1. The Kier molecular flexibility index (Phi) is 3.79. The topological polar surface area (TPSA) is 65.4 Å². The standard InChI is InChI=1S/C13H19N3O3/c17-13(10-1-4-19-9-10)15-11-7-14-16(8-11)12-2-5-18-6-3-12/h7-8,10,12H,1-6,9H2,(H,15,17)/t10-/m0/s1. The second kappa shape index (κ2) is 5.71. The van der Waals surface area contributed by atoms with Crippen LogP contribution in [0.25, 0.3) is 0 Å². The second-order valence-corrected chi connectivity index (χ2v) is 5.10. The minimum Gasteiger partial charge on any atom is -0.381 e. The number of carbonyl (C=O) groups excluding carboxylic acids is 1. The molecule has 1 N–H and O–H groups in total. The Morgan fingerprint density at radius 2 is 2.05 bits per heavy atom. The first kappa shape index (κ1) is 12.6. The highest BCUT2D eigenvalue weighted by Crippen LogP contribution is 2.22. The monoisotopic (exact) mass is 265 g/mol. The smallest absolute Gasteiger partial charge is 0.229 e. The summed E-state index contributed by atoms with van der Waals surface area (Å²) in [6.07, 6.45) is 6.38. The fourth-order valence-electron chi connectivity index (χ4n) is 2.54. The van der Waals surface area contributed by atoms with Crippen molar-refractivity contribution in [3.05, 3.63) is 12.4 Å². The number of nitrogens with one attached hydrogen (secondary N) is 1. The average molecular weight is 265 g/mol. The molecule has 3 rings (SSSR count). The van der Waals surface area contributed by atoms with Crippen LogP contribution in [0.1, 0.15) is 25.3 Å². The molecule has 2 aliphatic rings. The van der Waals surface area contributed by atoms with Crippen molar-refractivity contribution in [2.75, 3.05) is 31.7 Å². The molecule has 1 aromatic rings. The van der Waals surface area contributed by atoms with Gasteiger partial charge in [0.05, 0.1) is 30.5 Å². The molecule has 3 heterocycles. The number of hydrogen-bond donors (Lipinski definition) is 1. The molecule has 0 bridgehead atoms. The minimum atomic E-state index is -0.0218. The Morgan fingerprint density at radius 3 is 2.79 bits per heavy atom. The summed E-state index contributed by atoms with van der Waals surface area (Å²) < 4.78 is 12.5. The van der Waals surface area contributed by atoms with Crippen LogP contribution in [0, 0.1) is 5.92 Å². The van der Waals surface area contributed by atoms with Gasteiger partial charge in [0.25, 0.3) is 0 Å². The molecule has 2 saturated heterocycles. The van der Waals surface area contributed by atoms with Crippen LogP contribution in [-0.2, 0) is 14.3 Å². The summed E-state index contributed by atoms with van der Waals surface area (Å²) in [7, 11) is 0. The molecule has 19 heavy (non-hydrogen) atoms. The van der Waals surface area contributed by atoms with Crippen molar-refractivity contribution in [2.24, 2.45) is 5.92 Å². The largest absolute Gasteiger partial charge is 0.381 e. The van der Waals surface area contributed by atoms with Crippen LogP contribution in [0.15, 0.2) is 12.4 Å². The van der Waals surface area contributed by atoms with Gasteiger partial charge < -0.3 is 14.8 Å². The van der Waals surface area contributed by atoms with E-state index in [9.17, 15) is 4.79 Å². The minimum absolute atomic E-state index is 0.0218. The molecule has 2 fully saturated rings. The third-order valence-corrected chi connectivity index (χ3v) is 3.73. The Bertz CT molecular complexity index is 434. The van der Waals surface area contributed by atoms with Gasteiger partial charge in [-0.15, -0.1) is 0 Å². The van der Waals surface area contributed by atoms with Crippen molar-refractivity contribution >= 4 is 11.6 Å². The first-order valence-electron chi connectivity index (χ1n) is 6.83. The molecule has 6 nitrogen and oxygen atoms in total. The predicted molar refractivity (Wildman–Crippen MR) is 68.9 cm³/mol. The van der Waals surface area contributed by atoms with Crippen LogP contribution in [0.3, 0.4) is 0 Å². The van der Waals surface area contributed by atoms with Crippen molar-refractivity contribution < 1.29 is 14.3 Å². The highest BCUT2D eigenvalue weighted by atomic mass is 16.5. The maximum Gasteiger partial charge on any atom is 0.229 e. The SMILES string of the molecule is O=C(Nc1cnn(C2CCOCC2)c1)[C@H]1CCOC1. The molecule has 0 saturated carbocycles. The summed E-state index contributed by atoms with van der Waals surface area (Å²) in [6, 6.07) is 0.384. The summed E-state index contributed by atoms with van der Waals surface area (Å²) >= 11 is 0. The first-order valence-corrected chi connectivity index (χ1v) is 6.83. The molecule has 1 aromatic heterocycles. The highest BCUT2D eigenvalue weighted by Gasteiger charge is 2.24. The second-order valence-electron chi connectivity index (χ2n) is 5.10. The van der Waals surface area contributed by atoms with Crippen molar-refractivity contribution in [1.29, 1.82) is 0 Å². The van der Waals surface area contributed by atoms with Crippen molar-refractivity contribution in [1.82, 2.24) is 9.78 Å². The number of rotatable bonds is 3. The summed E-state index contributed by atoms with van der Waals surface area (Å²) in [5.74, 6) is 0.00968. The zero-order valence-electron chi connectivity index (χ0n) is 10.9. The molecule has 1 amide bonds. The number of nitrogens with zero attached hydrogens (tertiary/aromatic N) is 2. The summed E-state index contributed by atoms with van der Waals surface area (Å²) in [4.78, 5) is 12.0. The molecule has 0 radical (unpaired) electrons. The van der Waals surface area contributed by atoms with Crippen molar-refractivity contribution in [2.45, 2.75) is 25.3 Å². The highest BCUT2D eigenvalue weighted by molar-refractivity contribution is 5.92. The lowest BCUT2D eigenvalue weighted by molar-refractivity contribution is -0.119. The van der Waals surface area contributed by atoms with Gasteiger partial charge in [0, 0.05) is 26.0 Å². The van der Waals surface area contributed by atoms with Crippen LogP contribution in [0.4, 0.5) is 5.69 Å². The van der Waals surface area contributed by atoms with Crippen LogP contribution in [0.2, 0.25) is 0 Å². The van der Waals surface area contributed by atoms with Crippen LogP contribution in [-0.4, -0.2) is 42.1 Å². The number of anilines is 1. The molecule has 0 unspecified atom stereocenters. The first-order chi connectivity index (χ1) is 9.33. The molecule has 0 aliphatic carbocycles. The molecule has 104 valence electrons. The summed E-state index contributed by atoms with van der Waals surface area (Å²) in [5.41, 5.74) is 0.767. The van der Waals surface area contributed by atoms with Crippen molar-refractivity contribution in [3.8, 4) is 0 Å². The quantitative estimate of drug-likeness (QED) is 0.892. The van der Waals surface area contributed by atoms with Gasteiger partial charge in [-0.25, -0.2) is 0 Å². The molecule has 0 aromatic carbocycles. The lowest BCUT2D eigenvalue weighted by Crippen LogP contribution is -2.22. The van der Waals surface area contributed by atoms with Gasteiger partial charge >= 0.3 is 0 Å². The molecule has 6 heteroatoms. The van der Waals surface area contributed by atoms with Gasteiger partial charge in [-0.3, -0.25) is 9.48 Å². The van der Waals surface area contributed by atoms with E-state index in [1.807, 2.05) is 10.9 Å². The Morgan fingerprint density at radius 1 is 1.26 bits per heavy atom. The van der Waals surface area contributed by atoms with Gasteiger partial charge in [-0.1, -0.05) is 0 Å². The van der Waals surface area contributed by atoms with E-state index in [4.69, 9.17) is 9.47 Å². The van der Waals surface area contributed by atoms with Crippen LogP contribution in [0.5, 0.6) is 0 Å². The maximum atomic E-state index is 12.0. The van der Waals surface area contributed by atoms with Gasteiger partial charge in [-0.05, 0) is 19.3 Å². The fraction of sp³-hybridized carbons (Fsp3) is 0.692. The lowest BCUT2D eigenvalue weighted by Gasteiger charge is -2.22. The molecular formula is C13H19N3O3. The van der Waals surface area contributed by atoms with Gasteiger partial charge in [0.15, 0.2) is 0 Å². The molecule has 0 spiro atoms. The third kappa shape index (κ3) is 2.96. The van der Waals surface area contributed by atoms with E-state index in [0.29, 0.717) is 19.3 Å². The number of carbonyl (C=O) groups is 1. The predicted octanol–water partition coefficient (Wildman–Crippen LogP) is 1.21. The van der Waals surface area contributed by atoms with Crippen LogP contribution >= 0.6 is 0 Å². The normalized spacial score (nSPS) is 24.5. The zero-order valence-corrected chi connectivity index (χ0v) is 10.9. The Hall–Kier alpha value is -1.40. The molecule has 1 atom stereocenters. The van der Waals surface area contributed by atoms with Gasteiger partial charge in [0.2, 0.25) is 5.91 Å². The molecule has 2 aliphatic heterocycles. The lowest BCUT2D eigenvalue weighted by atomic mass is 10.1. The Balaban J connectivity index is 1.59. The van der Waals surface area contributed by atoms with Crippen LogP contribution < -0.4 is 5.32 Å². The van der Waals surface area contributed by atoms with E-state index in [2.05, 4.69) is 10.4 Å². The Labute approximate surface area is 112 Å². The van der Waals surface area contributed by atoms with E-state index in [0.717, 1.165) is 38.2 Å².